The van der Waals surface area contributed by atoms with Gasteiger partial charge in [-0.1, -0.05) is 0 Å². The molecule has 114 valence electrons. The van der Waals surface area contributed by atoms with Crippen molar-refractivity contribution in [2.75, 3.05) is 19.6 Å². The highest BCUT2D eigenvalue weighted by molar-refractivity contribution is 5.75. The fourth-order valence-electron chi connectivity index (χ4n) is 2.82. The molecule has 0 saturated carbocycles. The zero-order chi connectivity index (χ0) is 15.4. The zero-order valence-corrected chi connectivity index (χ0v) is 12.7. The summed E-state index contributed by atoms with van der Waals surface area (Å²) in [6.45, 7) is 4.97. The summed E-state index contributed by atoms with van der Waals surface area (Å²) in [5.41, 5.74) is 8.21. The third kappa shape index (κ3) is 3.84. The van der Waals surface area contributed by atoms with Crippen LogP contribution in [0.2, 0.25) is 0 Å². The van der Waals surface area contributed by atoms with Gasteiger partial charge >= 0.3 is 0 Å². The summed E-state index contributed by atoms with van der Waals surface area (Å²) >= 11 is 0. The van der Waals surface area contributed by atoms with E-state index in [0.29, 0.717) is 18.3 Å². The predicted molar refractivity (Wildman–Crippen MR) is 80.4 cm³/mol. The van der Waals surface area contributed by atoms with Crippen LogP contribution >= 0.6 is 0 Å². The Morgan fingerprint density at radius 1 is 1.52 bits per heavy atom. The average molecular weight is 289 g/mol. The Labute approximate surface area is 125 Å². The van der Waals surface area contributed by atoms with E-state index in [4.69, 9.17) is 11.0 Å². The number of rotatable bonds is 5. The first-order valence-corrected chi connectivity index (χ1v) is 7.30. The zero-order valence-electron chi connectivity index (χ0n) is 12.7. The first-order valence-electron chi connectivity index (χ1n) is 7.30. The molecule has 0 bridgehead atoms. The van der Waals surface area contributed by atoms with E-state index in [1.54, 1.807) is 0 Å². The Bertz CT molecular complexity index is 549. The van der Waals surface area contributed by atoms with Crippen LogP contribution in [0.3, 0.4) is 0 Å². The number of carbonyl (C=O) groups is 1. The van der Waals surface area contributed by atoms with E-state index in [1.807, 2.05) is 24.6 Å². The van der Waals surface area contributed by atoms with Gasteiger partial charge in [0.15, 0.2) is 0 Å². The number of hydrogen-bond acceptors (Lipinski definition) is 4. The van der Waals surface area contributed by atoms with Gasteiger partial charge in [-0.15, -0.1) is 0 Å². The van der Waals surface area contributed by atoms with Gasteiger partial charge < -0.3 is 15.6 Å². The standard InChI is InChI=1S/C15H23N5O/c1-11-12(7-14(8-16)19(11)2)9-18-13-3-5-20(6-4-13)10-15(17)21/h7,13,18H,3-6,9-10H2,1-2H3,(H2,17,21). The molecule has 6 heteroatoms. The minimum atomic E-state index is -0.259. The summed E-state index contributed by atoms with van der Waals surface area (Å²) < 4.78 is 1.92. The molecule has 2 heterocycles. The number of amides is 1. The van der Waals surface area contributed by atoms with Gasteiger partial charge in [-0.2, -0.15) is 5.26 Å². The van der Waals surface area contributed by atoms with Crippen LogP contribution in [-0.4, -0.2) is 41.1 Å². The molecule has 0 spiro atoms. The number of primary amides is 1. The Balaban J connectivity index is 1.83. The van der Waals surface area contributed by atoms with Gasteiger partial charge in [0.2, 0.25) is 5.91 Å². The van der Waals surface area contributed by atoms with Gasteiger partial charge in [-0.25, -0.2) is 0 Å². The molecule has 1 aromatic rings. The van der Waals surface area contributed by atoms with Crippen molar-refractivity contribution in [3.05, 3.63) is 23.0 Å². The molecule has 0 atom stereocenters. The van der Waals surface area contributed by atoms with E-state index in [9.17, 15) is 4.79 Å². The van der Waals surface area contributed by atoms with Crippen molar-refractivity contribution in [2.45, 2.75) is 32.4 Å². The molecule has 3 N–H and O–H groups in total. The highest BCUT2D eigenvalue weighted by Gasteiger charge is 2.20. The second kappa shape index (κ2) is 6.74. The highest BCUT2D eigenvalue weighted by atomic mass is 16.1. The minimum absolute atomic E-state index is 0.259. The predicted octanol–water partition coefficient (Wildman–Crippen LogP) is 0.245. The third-order valence-corrected chi connectivity index (χ3v) is 4.30. The van der Waals surface area contributed by atoms with Crippen molar-refractivity contribution in [3.63, 3.8) is 0 Å². The van der Waals surface area contributed by atoms with Gasteiger partial charge in [0, 0.05) is 38.4 Å². The molecule has 2 rings (SSSR count). The molecule has 1 aliphatic heterocycles. The molecule has 1 amide bonds. The van der Waals surface area contributed by atoms with E-state index in [0.717, 1.165) is 38.2 Å². The molecule has 0 radical (unpaired) electrons. The smallest absolute Gasteiger partial charge is 0.231 e. The molecule has 21 heavy (non-hydrogen) atoms. The highest BCUT2D eigenvalue weighted by Crippen LogP contribution is 2.15. The van der Waals surface area contributed by atoms with Crippen molar-refractivity contribution >= 4 is 5.91 Å². The lowest BCUT2D eigenvalue weighted by molar-refractivity contribution is -0.119. The fraction of sp³-hybridized carbons (Fsp3) is 0.600. The summed E-state index contributed by atoms with van der Waals surface area (Å²) in [6.07, 6.45) is 2.04. The number of nitrogens with two attached hydrogens (primary N) is 1. The van der Waals surface area contributed by atoms with E-state index in [1.165, 1.54) is 5.56 Å². The van der Waals surface area contributed by atoms with Gasteiger partial charge in [0.1, 0.15) is 11.8 Å². The van der Waals surface area contributed by atoms with Crippen molar-refractivity contribution < 1.29 is 4.79 Å². The Morgan fingerprint density at radius 3 is 2.71 bits per heavy atom. The molecule has 0 aromatic carbocycles. The quantitative estimate of drug-likeness (QED) is 0.813. The second-order valence-corrected chi connectivity index (χ2v) is 5.71. The summed E-state index contributed by atoms with van der Waals surface area (Å²) in [6, 6.07) is 4.61. The van der Waals surface area contributed by atoms with E-state index < -0.39 is 0 Å². The van der Waals surface area contributed by atoms with Crippen molar-refractivity contribution in [3.8, 4) is 6.07 Å². The first kappa shape index (κ1) is 15.5. The van der Waals surface area contributed by atoms with Crippen LogP contribution in [0.5, 0.6) is 0 Å². The molecular weight excluding hydrogens is 266 g/mol. The fourth-order valence-corrected chi connectivity index (χ4v) is 2.82. The maximum Gasteiger partial charge on any atom is 0.231 e. The third-order valence-electron chi connectivity index (χ3n) is 4.30. The van der Waals surface area contributed by atoms with Gasteiger partial charge in [-0.05, 0) is 31.4 Å². The molecule has 0 unspecified atom stereocenters. The first-order chi connectivity index (χ1) is 10.0. The Hall–Kier alpha value is -1.84. The molecule has 6 nitrogen and oxygen atoms in total. The van der Waals surface area contributed by atoms with Crippen LogP contribution in [0.1, 0.15) is 29.8 Å². The average Bonchev–Trinajstić information content (AvgIpc) is 2.73. The van der Waals surface area contributed by atoms with Crippen molar-refractivity contribution in [2.24, 2.45) is 12.8 Å². The number of piperidine rings is 1. The normalized spacial score (nSPS) is 16.8. The number of carbonyl (C=O) groups excluding carboxylic acids is 1. The van der Waals surface area contributed by atoms with Crippen LogP contribution in [-0.2, 0) is 18.4 Å². The lowest BCUT2D eigenvalue weighted by Gasteiger charge is -2.31. The Kier molecular flexibility index (Phi) is 4.99. The number of nitrogens with one attached hydrogen (secondary N) is 1. The van der Waals surface area contributed by atoms with E-state index >= 15 is 0 Å². The molecule has 0 aliphatic carbocycles. The van der Waals surface area contributed by atoms with E-state index in [-0.39, 0.29) is 5.91 Å². The maximum absolute atomic E-state index is 10.9. The van der Waals surface area contributed by atoms with E-state index in [2.05, 4.69) is 16.3 Å². The summed E-state index contributed by atoms with van der Waals surface area (Å²) in [7, 11) is 1.92. The molecule has 1 aliphatic rings. The summed E-state index contributed by atoms with van der Waals surface area (Å²) in [5.74, 6) is -0.259. The van der Waals surface area contributed by atoms with Crippen LogP contribution < -0.4 is 11.1 Å². The largest absolute Gasteiger partial charge is 0.369 e. The number of nitrogens with zero attached hydrogens (tertiary/aromatic N) is 3. The number of nitriles is 1. The van der Waals surface area contributed by atoms with Crippen molar-refractivity contribution in [1.82, 2.24) is 14.8 Å². The van der Waals surface area contributed by atoms with Crippen LogP contribution in [0, 0.1) is 18.3 Å². The molecule has 1 fully saturated rings. The van der Waals surface area contributed by atoms with Gasteiger partial charge in [0.05, 0.1) is 6.54 Å². The lowest BCUT2D eigenvalue weighted by atomic mass is 10.0. The van der Waals surface area contributed by atoms with Crippen LogP contribution in [0.25, 0.3) is 0 Å². The molecule has 1 aromatic heterocycles. The van der Waals surface area contributed by atoms with Crippen molar-refractivity contribution in [1.29, 1.82) is 5.26 Å². The minimum Gasteiger partial charge on any atom is -0.369 e. The number of likely N-dealkylation sites (tertiary alicyclic amines) is 1. The second-order valence-electron chi connectivity index (χ2n) is 5.71. The number of aromatic nitrogens is 1. The van der Waals surface area contributed by atoms with Gasteiger partial charge in [0.25, 0.3) is 0 Å². The van der Waals surface area contributed by atoms with Crippen LogP contribution in [0.4, 0.5) is 0 Å². The summed E-state index contributed by atoms with van der Waals surface area (Å²) in [5, 5.41) is 12.6. The molecular formula is C15H23N5O. The molecule has 1 saturated heterocycles. The monoisotopic (exact) mass is 289 g/mol. The SMILES string of the molecule is Cc1c(CNC2CCN(CC(N)=O)CC2)cc(C#N)n1C. The topological polar surface area (TPSA) is 87.1 Å². The number of hydrogen-bond donors (Lipinski definition) is 2. The van der Waals surface area contributed by atoms with Gasteiger partial charge in [-0.3, -0.25) is 9.69 Å². The maximum atomic E-state index is 10.9. The summed E-state index contributed by atoms with van der Waals surface area (Å²) in [4.78, 5) is 13.0. The van der Waals surface area contributed by atoms with Crippen LogP contribution in [0.15, 0.2) is 6.07 Å². The lowest BCUT2D eigenvalue weighted by Crippen LogP contribution is -2.45. The Morgan fingerprint density at radius 2 is 2.19 bits per heavy atom.